The summed E-state index contributed by atoms with van der Waals surface area (Å²) >= 11 is 0. The number of nitrogens with one attached hydrogen (secondary N) is 1. The van der Waals surface area contributed by atoms with E-state index in [0.29, 0.717) is 11.8 Å². The summed E-state index contributed by atoms with van der Waals surface area (Å²) in [7, 11) is 0. The Morgan fingerprint density at radius 3 is 2.22 bits per heavy atom. The third-order valence-electron chi connectivity index (χ3n) is 3.89. The van der Waals surface area contributed by atoms with Gasteiger partial charge < -0.3 is 20.3 Å². The van der Waals surface area contributed by atoms with Crippen molar-refractivity contribution >= 4 is 17.8 Å². The van der Waals surface area contributed by atoms with Crippen molar-refractivity contribution in [2.75, 3.05) is 18.5 Å². The Balaban J connectivity index is 0.000000321. The fourth-order valence-electron chi connectivity index (χ4n) is 2.04. The Hall–Kier alpha value is -2.59. The highest BCUT2D eigenvalue weighted by molar-refractivity contribution is 5.73. The summed E-state index contributed by atoms with van der Waals surface area (Å²) in [6.07, 6.45) is -0.336. The lowest BCUT2D eigenvalue weighted by Gasteiger charge is -2.13. The number of rotatable bonds is 7. The van der Waals surface area contributed by atoms with E-state index >= 15 is 0 Å². The quantitative estimate of drug-likeness (QED) is 0.648. The number of hydrogen-bond acceptors (Lipinski definition) is 6. The average Bonchev–Trinajstić information content (AvgIpc) is 3.45. The van der Waals surface area contributed by atoms with E-state index in [0.717, 1.165) is 42.5 Å². The molecule has 0 amide bonds. The van der Waals surface area contributed by atoms with Crippen LogP contribution in [0.1, 0.15) is 43.0 Å². The molecule has 0 unspecified atom stereocenters. The lowest BCUT2D eigenvalue weighted by Crippen LogP contribution is -2.21. The fraction of sp³-hybridized carbons (Fsp3) is 0.625. The van der Waals surface area contributed by atoms with Crippen LogP contribution in [0.25, 0.3) is 0 Å². The molecule has 2 fully saturated rings. The molecule has 0 aliphatic heterocycles. The molecule has 150 valence electrons. The van der Waals surface area contributed by atoms with Crippen LogP contribution < -0.4 is 10.1 Å². The van der Waals surface area contributed by atoms with Gasteiger partial charge in [-0.05, 0) is 38.5 Å². The maximum atomic E-state index is 10.6. The van der Waals surface area contributed by atoms with E-state index in [-0.39, 0.29) is 6.61 Å². The van der Waals surface area contributed by atoms with E-state index in [1.165, 1.54) is 12.8 Å². The summed E-state index contributed by atoms with van der Waals surface area (Å²) in [4.78, 5) is 28.5. The smallest absolute Gasteiger partial charge is 0.479 e. The Labute approximate surface area is 152 Å². The van der Waals surface area contributed by atoms with Gasteiger partial charge in [-0.3, -0.25) is 0 Å². The molecule has 0 spiro atoms. The molecule has 1 heterocycles. The van der Waals surface area contributed by atoms with E-state index < -0.39 is 18.1 Å². The van der Waals surface area contributed by atoms with Crippen LogP contribution in [0.3, 0.4) is 0 Å². The first-order valence-electron chi connectivity index (χ1n) is 8.35. The molecule has 0 bridgehead atoms. The van der Waals surface area contributed by atoms with Gasteiger partial charge >= 0.3 is 18.1 Å². The van der Waals surface area contributed by atoms with Gasteiger partial charge in [0.25, 0.3) is 0 Å². The standard InChI is InChI=1S/C14H19N3O3.C2HF3O2/c1-8-12(15-6-9-2-3-9)16-13(10-4-5-10)17-14(8)20-7-11(18)19;3-2(4,5)1(6)7/h9-10H,2-7H2,1H3,(H,18,19)(H,15,16,17);(H,6,7). The minimum absolute atomic E-state index is 0.371. The van der Waals surface area contributed by atoms with E-state index in [1.54, 1.807) is 0 Å². The first kappa shape index (κ1) is 20.7. The van der Waals surface area contributed by atoms with Gasteiger partial charge in [-0.1, -0.05) is 0 Å². The molecule has 2 aliphatic rings. The minimum Gasteiger partial charge on any atom is -0.479 e. The summed E-state index contributed by atoms with van der Waals surface area (Å²) in [6.45, 7) is 2.41. The summed E-state index contributed by atoms with van der Waals surface area (Å²) in [5.41, 5.74) is 0.788. The van der Waals surface area contributed by atoms with Crippen molar-refractivity contribution in [2.24, 2.45) is 5.92 Å². The Morgan fingerprint density at radius 2 is 1.78 bits per heavy atom. The van der Waals surface area contributed by atoms with E-state index in [1.807, 2.05) is 6.92 Å². The number of alkyl halides is 3. The van der Waals surface area contributed by atoms with Crippen LogP contribution >= 0.6 is 0 Å². The zero-order valence-electron chi connectivity index (χ0n) is 14.5. The summed E-state index contributed by atoms with van der Waals surface area (Å²) in [6, 6.07) is 0. The van der Waals surface area contributed by atoms with E-state index in [2.05, 4.69) is 15.3 Å². The van der Waals surface area contributed by atoms with E-state index in [4.69, 9.17) is 19.7 Å². The number of aliphatic carboxylic acids is 2. The van der Waals surface area contributed by atoms with Gasteiger partial charge in [-0.15, -0.1) is 0 Å². The largest absolute Gasteiger partial charge is 0.490 e. The monoisotopic (exact) mass is 391 g/mol. The second-order valence-corrected chi connectivity index (χ2v) is 6.44. The van der Waals surface area contributed by atoms with Crippen molar-refractivity contribution < 1.29 is 37.7 Å². The van der Waals surface area contributed by atoms with Crippen molar-refractivity contribution in [3.05, 3.63) is 11.4 Å². The molecule has 2 aliphatic carbocycles. The number of aromatic nitrogens is 2. The number of carboxylic acids is 2. The Kier molecular flexibility index (Phi) is 6.45. The summed E-state index contributed by atoms with van der Waals surface area (Å²) in [5, 5.41) is 19.2. The highest BCUT2D eigenvalue weighted by Crippen LogP contribution is 2.40. The van der Waals surface area contributed by atoms with Crippen LogP contribution in [-0.2, 0) is 9.59 Å². The van der Waals surface area contributed by atoms with Gasteiger partial charge in [0.2, 0.25) is 5.88 Å². The van der Waals surface area contributed by atoms with Crippen LogP contribution in [0.5, 0.6) is 5.88 Å². The minimum atomic E-state index is -5.08. The van der Waals surface area contributed by atoms with Gasteiger partial charge in [0.05, 0.1) is 5.56 Å². The van der Waals surface area contributed by atoms with Crippen LogP contribution in [0.2, 0.25) is 0 Å². The average molecular weight is 391 g/mol. The number of carboxylic acid groups (broad SMARTS) is 2. The topological polar surface area (TPSA) is 122 Å². The van der Waals surface area contributed by atoms with E-state index in [9.17, 15) is 18.0 Å². The SMILES string of the molecule is Cc1c(NCC2CC2)nc(C2CC2)nc1OCC(=O)O.O=C(O)C(F)(F)F. The first-order chi connectivity index (χ1) is 12.6. The molecule has 1 aromatic rings. The predicted octanol–water partition coefficient (Wildman–Crippen LogP) is 2.58. The van der Waals surface area contributed by atoms with Gasteiger partial charge in [0.1, 0.15) is 11.6 Å². The second-order valence-electron chi connectivity index (χ2n) is 6.44. The summed E-state index contributed by atoms with van der Waals surface area (Å²) in [5.74, 6) is -0.650. The Morgan fingerprint density at radius 1 is 1.19 bits per heavy atom. The molecule has 8 nitrogen and oxygen atoms in total. The van der Waals surface area contributed by atoms with Crippen LogP contribution in [0.15, 0.2) is 0 Å². The highest BCUT2D eigenvalue weighted by Gasteiger charge is 2.38. The van der Waals surface area contributed by atoms with Crippen molar-refractivity contribution in [3.8, 4) is 5.88 Å². The van der Waals surface area contributed by atoms with Crippen LogP contribution in [0, 0.1) is 12.8 Å². The van der Waals surface area contributed by atoms with Gasteiger partial charge in [0, 0.05) is 12.5 Å². The van der Waals surface area contributed by atoms with Crippen molar-refractivity contribution in [1.29, 1.82) is 0 Å². The first-order valence-corrected chi connectivity index (χ1v) is 8.35. The normalized spacial score (nSPS) is 16.1. The maximum Gasteiger partial charge on any atom is 0.490 e. The fourth-order valence-corrected chi connectivity index (χ4v) is 2.04. The molecule has 27 heavy (non-hydrogen) atoms. The molecule has 0 saturated heterocycles. The maximum absolute atomic E-state index is 10.6. The molecule has 11 heteroatoms. The predicted molar refractivity (Wildman–Crippen MR) is 86.8 cm³/mol. The van der Waals surface area contributed by atoms with Crippen molar-refractivity contribution in [2.45, 2.75) is 44.7 Å². The molecule has 0 radical (unpaired) electrons. The molecule has 2 saturated carbocycles. The Bertz CT molecular complexity index is 703. The number of anilines is 1. The number of carbonyl (C=O) groups is 2. The second kappa shape index (κ2) is 8.40. The number of halogens is 3. The molecule has 3 rings (SSSR count). The third-order valence-corrected chi connectivity index (χ3v) is 3.89. The molecule has 1 aromatic heterocycles. The van der Waals surface area contributed by atoms with Gasteiger partial charge in [-0.2, -0.15) is 18.2 Å². The number of nitrogens with zero attached hydrogens (tertiary/aromatic N) is 2. The van der Waals surface area contributed by atoms with Crippen LogP contribution in [0.4, 0.5) is 19.0 Å². The van der Waals surface area contributed by atoms with Gasteiger partial charge in [-0.25, -0.2) is 14.6 Å². The lowest BCUT2D eigenvalue weighted by molar-refractivity contribution is -0.192. The molecular weight excluding hydrogens is 371 g/mol. The van der Waals surface area contributed by atoms with Crippen molar-refractivity contribution in [1.82, 2.24) is 9.97 Å². The lowest BCUT2D eigenvalue weighted by atomic mass is 10.3. The van der Waals surface area contributed by atoms with Gasteiger partial charge in [0.15, 0.2) is 6.61 Å². The van der Waals surface area contributed by atoms with Crippen molar-refractivity contribution in [3.63, 3.8) is 0 Å². The molecule has 0 atom stereocenters. The number of ether oxygens (including phenoxy) is 1. The van der Waals surface area contributed by atoms with Crippen LogP contribution in [-0.4, -0.2) is 51.4 Å². The zero-order chi connectivity index (χ0) is 20.2. The molecular formula is C16H20F3N3O5. The number of hydrogen-bond donors (Lipinski definition) is 3. The zero-order valence-corrected chi connectivity index (χ0v) is 14.5. The summed E-state index contributed by atoms with van der Waals surface area (Å²) < 4.78 is 37.0. The molecule has 0 aromatic carbocycles. The highest BCUT2D eigenvalue weighted by atomic mass is 19.4. The molecule has 3 N–H and O–H groups in total. The third kappa shape index (κ3) is 6.91.